The number of hydrogen-bond acceptors (Lipinski definition) is 5. The van der Waals surface area contributed by atoms with Gasteiger partial charge in [0.1, 0.15) is 17.9 Å². The predicted molar refractivity (Wildman–Crippen MR) is 115 cm³/mol. The van der Waals surface area contributed by atoms with Crippen molar-refractivity contribution in [1.29, 1.82) is 0 Å². The molecule has 0 radical (unpaired) electrons. The van der Waals surface area contributed by atoms with Crippen molar-refractivity contribution in [3.63, 3.8) is 0 Å². The maximum Gasteiger partial charge on any atom is 0.231 e. The zero-order valence-electron chi connectivity index (χ0n) is 15.9. The largest absolute Gasteiger partial charge is 0.491 e. The van der Waals surface area contributed by atoms with Gasteiger partial charge in [0.15, 0.2) is 5.58 Å². The van der Waals surface area contributed by atoms with Crippen LogP contribution >= 0.6 is 11.6 Å². The molecule has 0 N–H and O–H groups in total. The number of halogens is 1. The maximum absolute atomic E-state index is 6.21. The van der Waals surface area contributed by atoms with Crippen LogP contribution < -0.4 is 4.74 Å². The second-order valence-electron chi connectivity index (χ2n) is 7.13. The van der Waals surface area contributed by atoms with Crippen molar-refractivity contribution in [2.75, 3.05) is 39.5 Å². The Kier molecular flexibility index (Phi) is 5.10. The summed E-state index contributed by atoms with van der Waals surface area (Å²) < 4.78 is 17.6. The molecule has 148 valence electrons. The highest BCUT2D eigenvalue weighted by molar-refractivity contribution is 6.31. The van der Waals surface area contributed by atoms with Crippen LogP contribution in [0.25, 0.3) is 33.3 Å². The van der Waals surface area contributed by atoms with Crippen molar-refractivity contribution < 1.29 is 13.9 Å². The molecule has 1 aromatic heterocycles. The van der Waals surface area contributed by atoms with Crippen molar-refractivity contribution in [2.24, 2.45) is 0 Å². The molecule has 1 saturated heterocycles. The Labute approximate surface area is 173 Å². The van der Waals surface area contributed by atoms with Crippen LogP contribution in [-0.2, 0) is 4.74 Å². The van der Waals surface area contributed by atoms with E-state index >= 15 is 0 Å². The first-order valence-electron chi connectivity index (χ1n) is 9.78. The number of morpholine rings is 1. The Balaban J connectivity index is 1.48. The fourth-order valence-corrected chi connectivity index (χ4v) is 3.80. The van der Waals surface area contributed by atoms with Crippen LogP contribution in [0.4, 0.5) is 0 Å². The summed E-state index contributed by atoms with van der Waals surface area (Å²) in [5.41, 5.74) is 2.29. The van der Waals surface area contributed by atoms with Crippen LogP contribution in [0.1, 0.15) is 0 Å². The van der Waals surface area contributed by atoms with Crippen LogP contribution in [0.15, 0.2) is 59.0 Å². The third-order valence-electron chi connectivity index (χ3n) is 5.20. The van der Waals surface area contributed by atoms with Gasteiger partial charge in [-0.2, -0.15) is 0 Å². The number of rotatable bonds is 5. The Morgan fingerprint density at radius 1 is 1.00 bits per heavy atom. The van der Waals surface area contributed by atoms with Gasteiger partial charge >= 0.3 is 0 Å². The number of hydrogen-bond donors (Lipinski definition) is 0. The first kappa shape index (κ1) is 18.4. The molecule has 4 aromatic rings. The Hall–Kier alpha value is -2.60. The highest BCUT2D eigenvalue weighted by Gasteiger charge is 2.16. The van der Waals surface area contributed by atoms with Gasteiger partial charge in [0.05, 0.1) is 18.8 Å². The molecular formula is C23H21ClN2O3. The molecule has 0 bridgehead atoms. The van der Waals surface area contributed by atoms with Crippen LogP contribution in [0, 0.1) is 0 Å². The van der Waals surface area contributed by atoms with Gasteiger partial charge in [-0.3, -0.25) is 4.90 Å². The molecule has 5 nitrogen and oxygen atoms in total. The molecule has 0 saturated carbocycles. The second kappa shape index (κ2) is 8.03. The van der Waals surface area contributed by atoms with E-state index in [1.807, 2.05) is 24.3 Å². The molecule has 3 aromatic carbocycles. The van der Waals surface area contributed by atoms with Crippen LogP contribution in [0.3, 0.4) is 0 Å². The standard InChI is InChI=1S/C23H21ClN2O3/c24-18-5-6-21-20(15-18)25-23(29-21)19-13-16-3-1-2-4-17(16)14-22(19)28-12-9-26-7-10-27-11-8-26/h1-6,13-15H,7-12H2. The van der Waals surface area contributed by atoms with Crippen molar-refractivity contribution >= 4 is 33.5 Å². The minimum Gasteiger partial charge on any atom is -0.491 e. The second-order valence-corrected chi connectivity index (χ2v) is 7.57. The van der Waals surface area contributed by atoms with E-state index in [4.69, 9.17) is 25.5 Å². The van der Waals surface area contributed by atoms with E-state index in [-0.39, 0.29) is 0 Å². The molecule has 1 aliphatic heterocycles. The van der Waals surface area contributed by atoms with E-state index in [1.54, 1.807) is 6.07 Å². The predicted octanol–water partition coefficient (Wildman–Crippen LogP) is 5.01. The molecule has 5 rings (SSSR count). The van der Waals surface area contributed by atoms with E-state index in [0.29, 0.717) is 23.1 Å². The van der Waals surface area contributed by atoms with E-state index < -0.39 is 0 Å². The molecule has 29 heavy (non-hydrogen) atoms. The number of fused-ring (bicyclic) bond motifs is 2. The minimum atomic E-state index is 0.536. The quantitative estimate of drug-likeness (QED) is 0.464. The van der Waals surface area contributed by atoms with Crippen molar-refractivity contribution in [3.05, 3.63) is 59.6 Å². The SMILES string of the molecule is Clc1ccc2oc(-c3cc4ccccc4cc3OCCN3CCOCC3)nc2c1. The number of benzene rings is 3. The van der Waals surface area contributed by atoms with Crippen molar-refractivity contribution in [2.45, 2.75) is 0 Å². The summed E-state index contributed by atoms with van der Waals surface area (Å²) in [6, 6.07) is 17.8. The van der Waals surface area contributed by atoms with Gasteiger partial charge in [0, 0.05) is 24.7 Å². The van der Waals surface area contributed by atoms with Gasteiger partial charge in [-0.25, -0.2) is 4.98 Å². The first-order valence-corrected chi connectivity index (χ1v) is 10.2. The van der Waals surface area contributed by atoms with Gasteiger partial charge in [-0.15, -0.1) is 0 Å². The molecule has 0 unspecified atom stereocenters. The average molecular weight is 409 g/mol. The van der Waals surface area contributed by atoms with Crippen LogP contribution in [-0.4, -0.2) is 49.3 Å². The fraction of sp³-hybridized carbons (Fsp3) is 0.261. The van der Waals surface area contributed by atoms with Crippen molar-refractivity contribution in [3.8, 4) is 17.2 Å². The van der Waals surface area contributed by atoms with E-state index in [2.05, 4.69) is 34.1 Å². The summed E-state index contributed by atoms with van der Waals surface area (Å²) in [7, 11) is 0. The van der Waals surface area contributed by atoms with Gasteiger partial charge < -0.3 is 13.9 Å². The van der Waals surface area contributed by atoms with Gasteiger partial charge in [-0.1, -0.05) is 35.9 Å². The summed E-state index contributed by atoms with van der Waals surface area (Å²) in [5, 5.41) is 2.87. The molecular weight excluding hydrogens is 388 g/mol. The summed E-state index contributed by atoms with van der Waals surface area (Å²) in [5.74, 6) is 1.31. The zero-order chi connectivity index (χ0) is 19.6. The molecule has 1 fully saturated rings. The summed E-state index contributed by atoms with van der Waals surface area (Å²) >= 11 is 6.11. The van der Waals surface area contributed by atoms with Crippen LogP contribution in [0.2, 0.25) is 5.02 Å². The number of ether oxygens (including phenoxy) is 2. The lowest BCUT2D eigenvalue weighted by atomic mass is 10.1. The molecule has 0 atom stereocenters. The number of oxazole rings is 1. The van der Waals surface area contributed by atoms with E-state index in [9.17, 15) is 0 Å². The molecule has 6 heteroatoms. The topological polar surface area (TPSA) is 47.7 Å². The molecule has 0 amide bonds. The van der Waals surface area contributed by atoms with Crippen LogP contribution in [0.5, 0.6) is 5.75 Å². The normalized spacial score (nSPS) is 15.2. The minimum absolute atomic E-state index is 0.536. The highest BCUT2D eigenvalue weighted by Crippen LogP contribution is 2.36. The molecule has 0 spiro atoms. The fourth-order valence-electron chi connectivity index (χ4n) is 3.63. The van der Waals surface area contributed by atoms with Crippen molar-refractivity contribution in [1.82, 2.24) is 9.88 Å². The lowest BCUT2D eigenvalue weighted by molar-refractivity contribution is 0.0323. The smallest absolute Gasteiger partial charge is 0.231 e. The molecule has 0 aliphatic carbocycles. The summed E-state index contributed by atoms with van der Waals surface area (Å²) in [6.45, 7) is 4.91. The monoisotopic (exact) mass is 408 g/mol. The summed E-state index contributed by atoms with van der Waals surface area (Å²) in [4.78, 5) is 7.00. The lowest BCUT2D eigenvalue weighted by Crippen LogP contribution is -2.38. The summed E-state index contributed by atoms with van der Waals surface area (Å²) in [6.07, 6.45) is 0. The van der Waals surface area contributed by atoms with Gasteiger partial charge in [0.25, 0.3) is 0 Å². The highest BCUT2D eigenvalue weighted by atomic mass is 35.5. The third kappa shape index (κ3) is 3.94. The Bertz CT molecular complexity index is 1150. The Morgan fingerprint density at radius 3 is 2.62 bits per heavy atom. The zero-order valence-corrected chi connectivity index (χ0v) is 16.7. The Morgan fingerprint density at radius 2 is 1.79 bits per heavy atom. The first-order chi connectivity index (χ1) is 14.3. The lowest BCUT2D eigenvalue weighted by Gasteiger charge is -2.26. The molecule has 1 aliphatic rings. The third-order valence-corrected chi connectivity index (χ3v) is 5.43. The average Bonchev–Trinajstić information content (AvgIpc) is 3.17. The van der Waals surface area contributed by atoms with Gasteiger partial charge in [0.2, 0.25) is 5.89 Å². The molecule has 2 heterocycles. The maximum atomic E-state index is 6.21. The van der Waals surface area contributed by atoms with E-state index in [1.165, 1.54) is 0 Å². The number of nitrogens with zero attached hydrogens (tertiary/aromatic N) is 2. The van der Waals surface area contributed by atoms with Gasteiger partial charge in [-0.05, 0) is 41.1 Å². The van der Waals surface area contributed by atoms with E-state index in [0.717, 1.165) is 60.5 Å². The number of aromatic nitrogens is 1.